The third-order valence-electron chi connectivity index (χ3n) is 4.16. The fraction of sp³-hybridized carbons (Fsp3) is 0.562. The van der Waals surface area contributed by atoms with Crippen molar-refractivity contribution in [2.75, 3.05) is 13.1 Å². The van der Waals surface area contributed by atoms with Gasteiger partial charge in [-0.3, -0.25) is 4.79 Å². The highest BCUT2D eigenvalue weighted by Gasteiger charge is 2.33. The molecule has 1 amide bonds. The summed E-state index contributed by atoms with van der Waals surface area (Å²) in [5, 5.41) is 1.94. The Hall–Kier alpha value is -1.44. The molecular weight excluding hydrogens is 314 g/mol. The summed E-state index contributed by atoms with van der Waals surface area (Å²) in [7, 11) is -3.70. The van der Waals surface area contributed by atoms with Crippen LogP contribution in [0.25, 0.3) is 0 Å². The standard InChI is InChI=1S/C16H25N3O3S/c1-3-10-19(18-11-5-4-7-13(18)2)23(21,22)15-9-6-8-14(12-15)16(17)20/h6,8-9,12-13H,3-5,7,10-11H2,1-2H3,(H2,17,20). The van der Waals surface area contributed by atoms with Crippen LogP contribution in [0.2, 0.25) is 0 Å². The molecule has 0 radical (unpaired) electrons. The first-order valence-corrected chi connectivity index (χ1v) is 9.51. The van der Waals surface area contributed by atoms with Crippen molar-refractivity contribution >= 4 is 15.9 Å². The summed E-state index contributed by atoms with van der Waals surface area (Å²) < 4.78 is 27.6. The Kier molecular flexibility index (Phi) is 5.78. The highest BCUT2D eigenvalue weighted by atomic mass is 32.2. The molecule has 1 aliphatic heterocycles. The summed E-state index contributed by atoms with van der Waals surface area (Å²) >= 11 is 0. The minimum atomic E-state index is -3.70. The molecule has 0 spiro atoms. The van der Waals surface area contributed by atoms with Crippen LogP contribution in [0.1, 0.15) is 49.9 Å². The Balaban J connectivity index is 2.40. The van der Waals surface area contributed by atoms with E-state index < -0.39 is 15.9 Å². The lowest BCUT2D eigenvalue weighted by Gasteiger charge is -2.40. The quantitative estimate of drug-likeness (QED) is 0.859. The van der Waals surface area contributed by atoms with Crippen LogP contribution in [0.15, 0.2) is 29.2 Å². The molecule has 1 saturated heterocycles. The lowest BCUT2D eigenvalue weighted by Crippen LogP contribution is -2.52. The molecule has 128 valence electrons. The smallest absolute Gasteiger partial charge is 0.256 e. The molecule has 1 aromatic carbocycles. The Labute approximate surface area is 138 Å². The van der Waals surface area contributed by atoms with Crippen molar-refractivity contribution in [3.63, 3.8) is 0 Å². The zero-order chi connectivity index (χ0) is 17.0. The van der Waals surface area contributed by atoms with E-state index >= 15 is 0 Å². The van der Waals surface area contributed by atoms with E-state index in [4.69, 9.17) is 5.73 Å². The number of amides is 1. The minimum Gasteiger partial charge on any atom is -0.366 e. The molecule has 6 nitrogen and oxygen atoms in total. The van der Waals surface area contributed by atoms with Gasteiger partial charge in [0.15, 0.2) is 0 Å². The number of primary amides is 1. The number of hydrogen-bond acceptors (Lipinski definition) is 4. The molecule has 1 aliphatic rings. The molecule has 1 aromatic rings. The van der Waals surface area contributed by atoms with Crippen LogP contribution in [-0.2, 0) is 10.0 Å². The van der Waals surface area contributed by atoms with Gasteiger partial charge in [0, 0.05) is 24.7 Å². The van der Waals surface area contributed by atoms with Gasteiger partial charge in [0.2, 0.25) is 5.91 Å². The van der Waals surface area contributed by atoms with Gasteiger partial charge in [-0.15, -0.1) is 4.41 Å². The maximum absolute atomic E-state index is 13.1. The largest absolute Gasteiger partial charge is 0.366 e. The zero-order valence-corrected chi connectivity index (χ0v) is 14.6. The van der Waals surface area contributed by atoms with Gasteiger partial charge in [0.1, 0.15) is 0 Å². The number of rotatable bonds is 6. The number of carbonyl (C=O) groups is 1. The summed E-state index contributed by atoms with van der Waals surface area (Å²) in [6, 6.07) is 6.13. The molecule has 0 bridgehead atoms. The van der Waals surface area contributed by atoms with Crippen LogP contribution in [0, 0.1) is 0 Å². The van der Waals surface area contributed by atoms with Crippen molar-refractivity contribution in [3.05, 3.63) is 29.8 Å². The first kappa shape index (κ1) is 17.9. The number of nitrogens with zero attached hydrogens (tertiary/aromatic N) is 2. The van der Waals surface area contributed by atoms with Gasteiger partial charge in [0.25, 0.3) is 10.0 Å². The zero-order valence-electron chi connectivity index (χ0n) is 13.7. The Morgan fingerprint density at radius 1 is 1.39 bits per heavy atom. The summed E-state index contributed by atoms with van der Waals surface area (Å²) in [5.41, 5.74) is 5.47. The van der Waals surface area contributed by atoms with Gasteiger partial charge in [-0.25, -0.2) is 13.4 Å². The molecule has 2 rings (SSSR count). The number of piperidine rings is 1. The van der Waals surface area contributed by atoms with Crippen LogP contribution < -0.4 is 5.73 Å². The van der Waals surface area contributed by atoms with Crippen molar-refractivity contribution in [2.24, 2.45) is 5.73 Å². The number of hydrazine groups is 1. The van der Waals surface area contributed by atoms with Crippen LogP contribution in [-0.4, -0.2) is 42.9 Å². The monoisotopic (exact) mass is 339 g/mol. The molecule has 1 fully saturated rings. The molecule has 1 heterocycles. The van der Waals surface area contributed by atoms with Gasteiger partial charge < -0.3 is 5.73 Å². The van der Waals surface area contributed by atoms with Crippen molar-refractivity contribution in [1.29, 1.82) is 0 Å². The third kappa shape index (κ3) is 3.91. The van der Waals surface area contributed by atoms with Gasteiger partial charge in [-0.1, -0.05) is 19.4 Å². The molecule has 1 atom stereocenters. The second-order valence-electron chi connectivity index (χ2n) is 5.95. The van der Waals surface area contributed by atoms with E-state index in [-0.39, 0.29) is 16.5 Å². The Morgan fingerprint density at radius 2 is 2.13 bits per heavy atom. The maximum atomic E-state index is 13.1. The Bertz CT molecular complexity index is 660. The van der Waals surface area contributed by atoms with E-state index in [2.05, 4.69) is 6.92 Å². The van der Waals surface area contributed by atoms with Gasteiger partial charge in [0.05, 0.1) is 4.90 Å². The van der Waals surface area contributed by atoms with Crippen molar-refractivity contribution in [3.8, 4) is 0 Å². The fourth-order valence-corrected chi connectivity index (χ4v) is 4.64. The average Bonchev–Trinajstić information content (AvgIpc) is 2.53. The lowest BCUT2D eigenvalue weighted by molar-refractivity contribution is -0.00353. The second kappa shape index (κ2) is 7.42. The number of carbonyl (C=O) groups excluding carboxylic acids is 1. The minimum absolute atomic E-state index is 0.111. The topological polar surface area (TPSA) is 83.7 Å². The molecule has 0 aliphatic carbocycles. The predicted molar refractivity (Wildman–Crippen MR) is 89.2 cm³/mol. The highest BCUT2D eigenvalue weighted by Crippen LogP contribution is 2.25. The van der Waals surface area contributed by atoms with E-state index in [1.807, 2.05) is 11.9 Å². The average molecular weight is 339 g/mol. The number of sulfonamides is 1. The van der Waals surface area contributed by atoms with Crippen molar-refractivity contribution < 1.29 is 13.2 Å². The summed E-state index contributed by atoms with van der Waals surface area (Å²) in [4.78, 5) is 11.4. The van der Waals surface area contributed by atoms with Crippen LogP contribution in [0.4, 0.5) is 0 Å². The van der Waals surface area contributed by atoms with E-state index in [0.29, 0.717) is 6.54 Å². The van der Waals surface area contributed by atoms with Crippen LogP contribution >= 0.6 is 0 Å². The third-order valence-corrected chi connectivity index (χ3v) is 5.96. The normalized spacial score (nSPS) is 19.9. The molecule has 23 heavy (non-hydrogen) atoms. The molecular formula is C16H25N3O3S. The highest BCUT2D eigenvalue weighted by molar-refractivity contribution is 7.89. The first-order chi connectivity index (χ1) is 10.9. The van der Waals surface area contributed by atoms with E-state index in [9.17, 15) is 13.2 Å². The van der Waals surface area contributed by atoms with E-state index in [1.54, 1.807) is 6.07 Å². The Morgan fingerprint density at radius 3 is 2.74 bits per heavy atom. The fourth-order valence-electron chi connectivity index (χ4n) is 2.92. The number of hydrogen-bond donors (Lipinski definition) is 1. The van der Waals surface area contributed by atoms with Crippen LogP contribution in [0.5, 0.6) is 0 Å². The molecule has 2 N–H and O–H groups in total. The first-order valence-electron chi connectivity index (χ1n) is 8.07. The summed E-state index contributed by atoms with van der Waals surface area (Å²) in [6.07, 6.45) is 3.81. The molecule has 7 heteroatoms. The molecule has 0 aromatic heterocycles. The summed E-state index contributed by atoms with van der Waals surface area (Å²) in [6.45, 7) is 5.16. The van der Waals surface area contributed by atoms with Gasteiger partial charge in [-0.2, -0.15) is 0 Å². The maximum Gasteiger partial charge on any atom is 0.256 e. The predicted octanol–water partition coefficient (Wildman–Crippen LogP) is 1.98. The molecule has 1 unspecified atom stereocenters. The van der Waals surface area contributed by atoms with Gasteiger partial charge in [-0.05, 0) is 44.4 Å². The van der Waals surface area contributed by atoms with Gasteiger partial charge >= 0.3 is 0 Å². The lowest BCUT2D eigenvalue weighted by atomic mass is 10.1. The number of benzene rings is 1. The van der Waals surface area contributed by atoms with Crippen LogP contribution in [0.3, 0.4) is 0 Å². The van der Waals surface area contributed by atoms with Crippen molar-refractivity contribution in [2.45, 2.75) is 50.5 Å². The number of nitrogens with two attached hydrogens (primary N) is 1. The molecule has 0 saturated carbocycles. The summed E-state index contributed by atoms with van der Waals surface area (Å²) in [5.74, 6) is -0.629. The van der Waals surface area contributed by atoms with E-state index in [0.717, 1.165) is 32.2 Å². The van der Waals surface area contributed by atoms with E-state index in [1.165, 1.54) is 22.6 Å². The SMILES string of the molecule is CCCN(N1CCCCC1C)S(=O)(=O)c1cccc(C(N)=O)c1. The second-order valence-corrected chi connectivity index (χ2v) is 7.79. The van der Waals surface area contributed by atoms with Crippen molar-refractivity contribution in [1.82, 2.24) is 9.42 Å².